The first-order valence-electron chi connectivity index (χ1n) is 16.8. The zero-order chi connectivity index (χ0) is 37.7. The smallest absolute Gasteiger partial charge is 0.485 e. The summed E-state index contributed by atoms with van der Waals surface area (Å²) in [7, 11) is -4.64. The first-order valence-corrected chi connectivity index (χ1v) is 19.1. The molecule has 3 aliphatic rings. The maximum Gasteiger partial charge on any atom is 0.485 e. The van der Waals surface area contributed by atoms with Gasteiger partial charge < -0.3 is 29.6 Å². The average molecular weight is 764 g/mol. The summed E-state index contributed by atoms with van der Waals surface area (Å²) in [6.45, 7) is 10.6. The molecule has 2 aromatic carbocycles. The molecule has 0 fully saturated rings. The second-order valence-corrected chi connectivity index (χ2v) is 16.2. The Morgan fingerprint density at radius 1 is 1.12 bits per heavy atom. The number of aryl methyl sites for hydroxylation is 1. The van der Waals surface area contributed by atoms with E-state index in [1.807, 2.05) is 24.3 Å². The van der Waals surface area contributed by atoms with Gasteiger partial charge in [-0.2, -0.15) is 17.6 Å². The van der Waals surface area contributed by atoms with Crippen molar-refractivity contribution in [3.05, 3.63) is 46.8 Å². The molecular weight excluding hydrogens is 724 g/mol. The first-order chi connectivity index (χ1) is 24.4. The van der Waals surface area contributed by atoms with Gasteiger partial charge in [-0.3, -0.25) is 9.59 Å². The van der Waals surface area contributed by atoms with E-state index in [2.05, 4.69) is 56.7 Å². The van der Waals surface area contributed by atoms with Gasteiger partial charge in [0.15, 0.2) is 15.8 Å². The molecule has 0 aliphatic carbocycles. The van der Waals surface area contributed by atoms with Gasteiger partial charge in [0.25, 0.3) is 0 Å². The zero-order valence-corrected chi connectivity index (χ0v) is 31.0. The van der Waals surface area contributed by atoms with Crippen molar-refractivity contribution in [3.8, 4) is 28.3 Å². The van der Waals surface area contributed by atoms with Gasteiger partial charge in [0.1, 0.15) is 18.4 Å². The van der Waals surface area contributed by atoms with Crippen molar-refractivity contribution in [2.75, 3.05) is 42.3 Å². The van der Waals surface area contributed by atoms with Crippen LogP contribution in [0.2, 0.25) is 0 Å². The lowest BCUT2D eigenvalue weighted by Gasteiger charge is -2.38. The third-order valence-corrected chi connectivity index (χ3v) is 10.5. The summed E-state index contributed by atoms with van der Waals surface area (Å²) >= 11 is 1.66. The number of aromatic nitrogens is 2. The molecule has 1 unspecified atom stereocenters. The maximum atomic E-state index is 12.8. The minimum absolute atomic E-state index is 0.0974. The number of nitrogens with zero attached hydrogens (tertiary/aromatic N) is 3. The summed E-state index contributed by atoms with van der Waals surface area (Å²) in [5, 5.41) is 8.91. The largest absolute Gasteiger partial charge is 0.741 e. The van der Waals surface area contributed by atoms with Gasteiger partial charge in [-0.1, -0.05) is 11.3 Å². The third kappa shape index (κ3) is 7.30. The van der Waals surface area contributed by atoms with Crippen molar-refractivity contribution >= 4 is 55.5 Å². The number of fused-ring (bicyclic) bond motifs is 6. The number of anilines is 3. The number of esters is 1. The number of nitrogens with one attached hydrogen (secondary N) is 2. The standard InChI is InChI=1S/C34H39N5O4S.CHF3O3S/c1-20(40)35-23-12-10-21(11-13-23)27-19-44-33-38-24(17-28(41)42-5)18-43-31-25-9-7-15-37-14-6-8-22(29(25)37)16-26(31)30(38)32(39(27)33)36-34(2,3)4;2-1(3,4)8(5,6)7/h10-13,16,19,24,36H,6-9,14-15,17-18H2,1-5H3;(H,5,6,7). The van der Waals surface area contributed by atoms with Gasteiger partial charge in [-0.25, -0.2) is 13.0 Å². The SMILES string of the molecule is COC(=O)CC1COc2c(cc3c4c2CCCN4CCC3)-c2c(NC(C)(C)C)n3c(-c4ccc(NC(C)=O)cc4)csc3[n+]21.O=S(=O)([O-])C(F)(F)F. The average Bonchev–Trinajstić information content (AvgIpc) is 3.56. The Kier molecular flexibility index (Phi) is 9.99. The van der Waals surface area contributed by atoms with Crippen LogP contribution in [0.3, 0.4) is 0 Å². The minimum Gasteiger partial charge on any atom is -0.741 e. The lowest BCUT2D eigenvalue weighted by molar-refractivity contribution is -0.684. The van der Waals surface area contributed by atoms with E-state index in [-0.39, 0.29) is 29.9 Å². The Hall–Kier alpha value is -4.35. The van der Waals surface area contributed by atoms with Crippen molar-refractivity contribution in [2.24, 2.45) is 0 Å². The van der Waals surface area contributed by atoms with Gasteiger partial charge in [0.05, 0.1) is 19.1 Å². The number of ether oxygens (including phenoxy) is 2. The summed E-state index contributed by atoms with van der Waals surface area (Å²) in [5.41, 5.74) is 3.13. The molecule has 1 atom stereocenters. The van der Waals surface area contributed by atoms with E-state index >= 15 is 0 Å². The lowest BCUT2D eigenvalue weighted by atomic mass is 9.88. The normalized spacial score (nSPS) is 16.7. The number of carbonyl (C=O) groups is 2. The Morgan fingerprint density at radius 2 is 1.77 bits per heavy atom. The van der Waals surface area contributed by atoms with Crippen molar-refractivity contribution < 1.29 is 49.8 Å². The summed E-state index contributed by atoms with van der Waals surface area (Å²) < 4.78 is 75.5. The van der Waals surface area contributed by atoms with Crippen LogP contribution in [0, 0.1) is 0 Å². The highest BCUT2D eigenvalue weighted by molar-refractivity contribution is 7.86. The van der Waals surface area contributed by atoms with Crippen LogP contribution in [0.15, 0.2) is 35.7 Å². The molecular formula is C35H40F3N5O7S2. The number of carbonyl (C=O) groups excluding carboxylic acids is 2. The van der Waals surface area contributed by atoms with Crippen LogP contribution in [-0.4, -0.2) is 67.1 Å². The molecule has 12 nitrogen and oxygen atoms in total. The predicted molar refractivity (Wildman–Crippen MR) is 190 cm³/mol. The van der Waals surface area contributed by atoms with Crippen LogP contribution in [0.25, 0.3) is 27.5 Å². The Labute approximate surface area is 303 Å². The Balaban J connectivity index is 0.000000522. The molecule has 5 heterocycles. The van der Waals surface area contributed by atoms with Gasteiger partial charge >= 0.3 is 16.4 Å². The summed E-state index contributed by atoms with van der Waals surface area (Å²) in [6.07, 6.45) is 4.49. The van der Waals surface area contributed by atoms with Gasteiger partial charge in [-0.15, -0.1) is 0 Å². The quantitative estimate of drug-likeness (QED) is 0.108. The molecule has 2 N–H and O–H groups in total. The number of amides is 1. The van der Waals surface area contributed by atoms with Crippen LogP contribution >= 0.6 is 11.3 Å². The van der Waals surface area contributed by atoms with E-state index in [4.69, 9.17) is 22.4 Å². The molecule has 7 rings (SSSR count). The number of alkyl halides is 3. The van der Waals surface area contributed by atoms with Gasteiger partial charge in [0.2, 0.25) is 17.4 Å². The Morgan fingerprint density at radius 3 is 2.37 bits per heavy atom. The number of halogens is 3. The minimum atomic E-state index is -6.09. The lowest BCUT2D eigenvalue weighted by Crippen LogP contribution is -2.43. The first kappa shape index (κ1) is 37.4. The Bertz CT molecular complexity index is 2140. The molecule has 0 saturated heterocycles. The van der Waals surface area contributed by atoms with Gasteiger partial charge in [-0.05, 0) is 82.3 Å². The highest BCUT2D eigenvalue weighted by atomic mass is 32.2. The van der Waals surface area contributed by atoms with Crippen molar-refractivity contribution in [1.82, 2.24) is 4.40 Å². The molecule has 2 aromatic heterocycles. The van der Waals surface area contributed by atoms with E-state index in [0.29, 0.717) is 6.61 Å². The maximum absolute atomic E-state index is 12.8. The topological polar surface area (TPSA) is 145 Å². The number of hydrogen-bond acceptors (Lipinski definition) is 10. The molecule has 0 spiro atoms. The highest BCUT2D eigenvalue weighted by Gasteiger charge is 2.43. The number of thiazole rings is 1. The fraction of sp³-hybridized carbons (Fsp3) is 0.457. The number of imidazole rings is 1. The van der Waals surface area contributed by atoms with E-state index in [9.17, 15) is 22.8 Å². The molecule has 52 heavy (non-hydrogen) atoms. The van der Waals surface area contributed by atoms with E-state index in [0.717, 1.165) is 83.5 Å². The number of rotatable bonds is 5. The molecule has 0 saturated carbocycles. The molecule has 1 amide bonds. The second-order valence-electron chi connectivity index (χ2n) is 14.0. The third-order valence-electron chi connectivity index (χ3n) is 9.02. The monoisotopic (exact) mass is 763 g/mol. The number of benzene rings is 2. The molecule has 4 aromatic rings. The van der Waals surface area contributed by atoms with E-state index in [1.165, 1.54) is 30.8 Å². The van der Waals surface area contributed by atoms with Crippen molar-refractivity contribution in [3.63, 3.8) is 0 Å². The second kappa shape index (κ2) is 13.9. The summed E-state index contributed by atoms with van der Waals surface area (Å²) in [5.74, 6) is 1.57. The van der Waals surface area contributed by atoms with Crippen LogP contribution in [0.1, 0.15) is 64.1 Å². The molecule has 0 radical (unpaired) electrons. The number of hydrogen-bond donors (Lipinski definition) is 2. The molecule has 280 valence electrons. The van der Waals surface area contributed by atoms with E-state index in [1.54, 1.807) is 11.3 Å². The van der Waals surface area contributed by atoms with Gasteiger partial charge in [0, 0.05) is 53.4 Å². The molecule has 0 bridgehead atoms. The molecule has 3 aliphatic heterocycles. The summed E-state index contributed by atoms with van der Waals surface area (Å²) in [4.78, 5) is 28.0. The summed E-state index contributed by atoms with van der Waals surface area (Å²) in [6, 6.07) is 10.1. The predicted octanol–water partition coefficient (Wildman–Crippen LogP) is 6.04. The van der Waals surface area contributed by atoms with Crippen LogP contribution in [0.5, 0.6) is 5.75 Å². The van der Waals surface area contributed by atoms with Crippen molar-refractivity contribution in [1.29, 1.82) is 0 Å². The van der Waals surface area contributed by atoms with Crippen LogP contribution in [-0.2, 0) is 37.3 Å². The fourth-order valence-corrected chi connectivity index (χ4v) is 8.16. The zero-order valence-electron chi connectivity index (χ0n) is 29.3. The highest BCUT2D eigenvalue weighted by Crippen LogP contribution is 2.49. The fourth-order valence-electron chi connectivity index (χ4n) is 7.06. The van der Waals surface area contributed by atoms with E-state index < -0.39 is 15.6 Å². The number of methoxy groups -OCH3 is 1. The van der Waals surface area contributed by atoms with Crippen LogP contribution < -0.4 is 24.8 Å². The van der Waals surface area contributed by atoms with Crippen LogP contribution in [0.4, 0.5) is 30.4 Å². The molecule has 17 heteroatoms. The van der Waals surface area contributed by atoms with Crippen molar-refractivity contribution in [2.45, 2.75) is 76.9 Å².